The third-order valence-electron chi connectivity index (χ3n) is 5.17. The number of aromatic nitrogens is 1. The highest BCUT2D eigenvalue weighted by molar-refractivity contribution is 6.33. The molecule has 0 radical (unpaired) electrons. The first-order chi connectivity index (χ1) is 16.3. The molecule has 0 saturated carbocycles. The maximum atomic E-state index is 12.7. The number of rotatable bonds is 7. The molecular weight excluding hydrogens is 454 g/mol. The molecule has 174 valence electrons. The molecule has 0 fully saturated rings. The number of carbonyl (C=O) groups excluding carboxylic acids is 2. The molecule has 0 unspecified atom stereocenters. The summed E-state index contributed by atoms with van der Waals surface area (Å²) in [6, 6.07) is 15.8. The Morgan fingerprint density at radius 3 is 2.44 bits per heavy atom. The second kappa shape index (κ2) is 10.7. The SMILES string of the molecule is CCOc1ccc(NC(=O)/C(C#N)=C\c2cc(C)n(-c3ccc(C(=O)OC)c(Cl)c3)c2C)cc1. The van der Waals surface area contributed by atoms with E-state index in [0.717, 1.165) is 17.1 Å². The predicted molar refractivity (Wildman–Crippen MR) is 131 cm³/mol. The van der Waals surface area contributed by atoms with E-state index >= 15 is 0 Å². The standard InChI is InChI=1S/C26H24ClN3O4/c1-5-34-22-9-6-20(7-10-22)29-25(31)19(15-28)13-18-12-16(2)30(17(18)3)21-8-11-23(24(27)14-21)26(32)33-4/h6-14H,5H2,1-4H3,(H,29,31)/b19-13-. The topological polar surface area (TPSA) is 93.4 Å². The van der Waals surface area contributed by atoms with Crippen molar-refractivity contribution in [2.75, 3.05) is 19.0 Å². The highest BCUT2D eigenvalue weighted by atomic mass is 35.5. The molecule has 1 heterocycles. The van der Waals surface area contributed by atoms with Crippen LogP contribution in [0.15, 0.2) is 54.1 Å². The number of esters is 1. The number of amides is 1. The average Bonchev–Trinajstić information content (AvgIpc) is 3.10. The Morgan fingerprint density at radius 2 is 1.85 bits per heavy atom. The van der Waals surface area contributed by atoms with Gasteiger partial charge in [-0.3, -0.25) is 4.79 Å². The zero-order valence-electron chi connectivity index (χ0n) is 19.3. The summed E-state index contributed by atoms with van der Waals surface area (Å²) in [6.07, 6.45) is 1.55. The maximum absolute atomic E-state index is 12.7. The Hall–Kier alpha value is -4.02. The number of ether oxygens (including phenoxy) is 2. The number of nitriles is 1. The zero-order valence-corrected chi connectivity index (χ0v) is 20.1. The van der Waals surface area contributed by atoms with Gasteiger partial charge in [-0.25, -0.2) is 4.79 Å². The minimum atomic E-state index is -0.515. The number of hydrogen-bond acceptors (Lipinski definition) is 5. The fourth-order valence-electron chi connectivity index (χ4n) is 3.55. The minimum Gasteiger partial charge on any atom is -0.494 e. The molecule has 0 aliphatic heterocycles. The molecule has 0 bridgehead atoms. The van der Waals surface area contributed by atoms with Gasteiger partial charge in [0, 0.05) is 22.8 Å². The number of anilines is 1. The molecule has 34 heavy (non-hydrogen) atoms. The Balaban J connectivity index is 1.88. The minimum absolute atomic E-state index is 0.0341. The van der Waals surface area contributed by atoms with Crippen molar-refractivity contribution in [3.63, 3.8) is 0 Å². The Bertz CT molecular complexity index is 1300. The van der Waals surface area contributed by atoms with E-state index in [0.29, 0.717) is 23.6 Å². The molecule has 0 atom stereocenters. The lowest BCUT2D eigenvalue weighted by Gasteiger charge is -2.12. The molecule has 3 rings (SSSR count). The number of aryl methyl sites for hydroxylation is 1. The number of methoxy groups -OCH3 is 1. The van der Waals surface area contributed by atoms with Crippen LogP contribution in [0.5, 0.6) is 5.75 Å². The van der Waals surface area contributed by atoms with Gasteiger partial charge in [-0.15, -0.1) is 0 Å². The summed E-state index contributed by atoms with van der Waals surface area (Å²) in [4.78, 5) is 24.5. The van der Waals surface area contributed by atoms with Gasteiger partial charge in [-0.1, -0.05) is 11.6 Å². The van der Waals surface area contributed by atoms with Crippen LogP contribution in [0.3, 0.4) is 0 Å². The molecule has 0 aliphatic carbocycles. The van der Waals surface area contributed by atoms with Crippen LogP contribution in [0, 0.1) is 25.2 Å². The van der Waals surface area contributed by atoms with Crippen LogP contribution in [-0.4, -0.2) is 30.2 Å². The third-order valence-corrected chi connectivity index (χ3v) is 5.49. The van der Waals surface area contributed by atoms with Gasteiger partial charge in [-0.05, 0) is 80.9 Å². The molecule has 8 heteroatoms. The van der Waals surface area contributed by atoms with Crippen LogP contribution in [0.1, 0.15) is 34.2 Å². The highest BCUT2D eigenvalue weighted by Crippen LogP contribution is 2.27. The van der Waals surface area contributed by atoms with Crippen molar-refractivity contribution < 1.29 is 19.1 Å². The Labute approximate surface area is 203 Å². The number of nitrogens with zero attached hydrogens (tertiary/aromatic N) is 2. The van der Waals surface area contributed by atoms with Crippen LogP contribution in [0.4, 0.5) is 5.69 Å². The molecular formula is C26H24ClN3O4. The summed E-state index contributed by atoms with van der Waals surface area (Å²) in [5, 5.41) is 12.6. The first-order valence-electron chi connectivity index (χ1n) is 10.5. The van der Waals surface area contributed by atoms with E-state index in [9.17, 15) is 14.9 Å². The van der Waals surface area contributed by atoms with Crippen LogP contribution >= 0.6 is 11.6 Å². The normalized spacial score (nSPS) is 11.0. The monoisotopic (exact) mass is 477 g/mol. The molecule has 0 spiro atoms. The number of carbonyl (C=O) groups is 2. The summed E-state index contributed by atoms with van der Waals surface area (Å²) in [7, 11) is 1.30. The first kappa shape index (κ1) is 24.6. The van der Waals surface area contributed by atoms with Crippen LogP contribution in [-0.2, 0) is 9.53 Å². The molecule has 1 aromatic heterocycles. The first-order valence-corrected chi connectivity index (χ1v) is 10.9. The van der Waals surface area contributed by atoms with Crippen molar-refractivity contribution in [1.29, 1.82) is 5.26 Å². The van der Waals surface area contributed by atoms with Gasteiger partial charge in [0.2, 0.25) is 0 Å². The fraction of sp³-hybridized carbons (Fsp3) is 0.192. The van der Waals surface area contributed by atoms with Gasteiger partial charge < -0.3 is 19.4 Å². The second-order valence-corrected chi connectivity index (χ2v) is 7.81. The summed E-state index contributed by atoms with van der Waals surface area (Å²) in [6.45, 7) is 6.22. The van der Waals surface area contributed by atoms with Gasteiger partial charge in [0.05, 0.1) is 24.3 Å². The van der Waals surface area contributed by atoms with E-state index in [1.807, 2.05) is 37.5 Å². The van der Waals surface area contributed by atoms with Crippen LogP contribution < -0.4 is 10.1 Å². The third kappa shape index (κ3) is 5.30. The number of nitrogens with one attached hydrogen (secondary N) is 1. The van der Waals surface area contributed by atoms with Crippen LogP contribution in [0.2, 0.25) is 5.02 Å². The molecule has 1 amide bonds. The molecule has 0 saturated heterocycles. The van der Waals surface area contributed by atoms with Gasteiger partial charge in [-0.2, -0.15) is 5.26 Å². The van der Waals surface area contributed by atoms with Crippen molar-refractivity contribution in [1.82, 2.24) is 4.57 Å². The smallest absolute Gasteiger partial charge is 0.339 e. The zero-order chi connectivity index (χ0) is 24.8. The Morgan fingerprint density at radius 1 is 1.15 bits per heavy atom. The van der Waals surface area contributed by atoms with E-state index in [-0.39, 0.29) is 16.2 Å². The number of hydrogen-bond donors (Lipinski definition) is 1. The van der Waals surface area contributed by atoms with Gasteiger partial charge >= 0.3 is 5.97 Å². The van der Waals surface area contributed by atoms with Crippen molar-refractivity contribution in [2.45, 2.75) is 20.8 Å². The van der Waals surface area contributed by atoms with Crippen molar-refractivity contribution >= 4 is 35.2 Å². The largest absolute Gasteiger partial charge is 0.494 e. The number of halogens is 1. The number of benzene rings is 2. The van der Waals surface area contributed by atoms with E-state index < -0.39 is 11.9 Å². The predicted octanol–water partition coefficient (Wildman–Crippen LogP) is 5.48. The summed E-state index contributed by atoms with van der Waals surface area (Å²) in [5.74, 6) is -0.330. The summed E-state index contributed by atoms with van der Waals surface area (Å²) in [5.41, 5.74) is 3.92. The van der Waals surface area contributed by atoms with Crippen molar-refractivity contribution in [2.24, 2.45) is 0 Å². The Kier molecular flexibility index (Phi) is 7.77. The molecule has 3 aromatic rings. The lowest BCUT2D eigenvalue weighted by atomic mass is 10.1. The van der Waals surface area contributed by atoms with Crippen LogP contribution in [0.25, 0.3) is 11.8 Å². The van der Waals surface area contributed by atoms with Gasteiger partial charge in [0.1, 0.15) is 17.4 Å². The van der Waals surface area contributed by atoms with Crippen molar-refractivity contribution in [3.05, 3.63) is 81.6 Å². The lowest BCUT2D eigenvalue weighted by molar-refractivity contribution is -0.112. The highest BCUT2D eigenvalue weighted by Gasteiger charge is 2.16. The van der Waals surface area contributed by atoms with Gasteiger partial charge in [0.25, 0.3) is 5.91 Å². The second-order valence-electron chi connectivity index (χ2n) is 7.40. The quantitative estimate of drug-likeness (QED) is 0.276. The molecule has 0 aliphatic rings. The molecule has 1 N–H and O–H groups in total. The fourth-order valence-corrected chi connectivity index (χ4v) is 3.81. The molecule has 7 nitrogen and oxygen atoms in total. The van der Waals surface area contributed by atoms with E-state index in [1.165, 1.54) is 7.11 Å². The molecule has 2 aromatic carbocycles. The van der Waals surface area contributed by atoms with E-state index in [4.69, 9.17) is 21.1 Å². The summed E-state index contributed by atoms with van der Waals surface area (Å²) >= 11 is 6.29. The maximum Gasteiger partial charge on any atom is 0.339 e. The summed E-state index contributed by atoms with van der Waals surface area (Å²) < 4.78 is 12.1. The average molecular weight is 478 g/mol. The van der Waals surface area contributed by atoms with Crippen molar-refractivity contribution in [3.8, 4) is 17.5 Å². The van der Waals surface area contributed by atoms with Gasteiger partial charge in [0.15, 0.2) is 0 Å². The lowest BCUT2D eigenvalue weighted by Crippen LogP contribution is -2.13. The van der Waals surface area contributed by atoms with E-state index in [2.05, 4.69) is 5.32 Å². The van der Waals surface area contributed by atoms with E-state index in [1.54, 1.807) is 48.5 Å².